The number of aliphatic hydroxyl groups is 1. The van der Waals surface area contributed by atoms with Gasteiger partial charge in [-0.05, 0) is 53.9 Å². The Hall–Kier alpha value is -0.750. The number of rotatable bonds is 3. The van der Waals surface area contributed by atoms with Gasteiger partial charge in [0.2, 0.25) is 0 Å². The molecular weight excluding hydrogens is 459 g/mol. The lowest BCUT2D eigenvalue weighted by atomic mass is 9.96. The summed E-state index contributed by atoms with van der Waals surface area (Å²) in [6.45, 7) is 4.96. The summed E-state index contributed by atoms with van der Waals surface area (Å²) in [4.78, 5) is 7.43. The molecule has 2 heterocycles. The molecule has 3 nitrogen and oxygen atoms in total. The van der Waals surface area contributed by atoms with Gasteiger partial charge in [0, 0.05) is 58.6 Å². The fourth-order valence-electron chi connectivity index (χ4n) is 4.94. The Morgan fingerprint density at radius 2 is 1.41 bits per heavy atom. The molecule has 0 amide bonds. The zero-order chi connectivity index (χ0) is 22.3. The average Bonchev–Trinajstić information content (AvgIpc) is 2.98. The standard InChI is InChI=1S/C20H22Cl2N2OS.C6H12/c21-15-1-3-19-14(11-15)12-18(17-13-16(22)2-4-20(17)26-19)24-7-5-23(6-8-24)9-10-25;1-2-4-6-5-3-1/h1-4,11,13,18,25H,5-10,12H2;1-6H2. The Morgan fingerprint density at radius 1 is 0.812 bits per heavy atom. The van der Waals surface area contributed by atoms with Crippen LogP contribution in [0.3, 0.4) is 0 Å². The smallest absolute Gasteiger partial charge is 0.0558 e. The maximum atomic E-state index is 9.18. The SMILES string of the molecule is C1CCCCC1.OCCN1CCN(C2Cc3cc(Cl)ccc3Sc3ccc(Cl)cc32)CC1. The summed E-state index contributed by atoms with van der Waals surface area (Å²) in [5, 5.41) is 10.8. The Bertz CT molecular complexity index is 871. The number of halogens is 2. The minimum atomic E-state index is 0.227. The van der Waals surface area contributed by atoms with Crippen LogP contribution in [0.25, 0.3) is 0 Å². The van der Waals surface area contributed by atoms with Crippen LogP contribution in [-0.4, -0.2) is 54.2 Å². The van der Waals surface area contributed by atoms with Gasteiger partial charge in [-0.1, -0.05) is 73.5 Å². The molecule has 1 aliphatic carbocycles. The molecule has 1 saturated heterocycles. The van der Waals surface area contributed by atoms with E-state index in [1.807, 2.05) is 23.9 Å². The third kappa shape index (κ3) is 6.43. The highest BCUT2D eigenvalue weighted by Crippen LogP contribution is 2.44. The van der Waals surface area contributed by atoms with Crippen molar-refractivity contribution < 1.29 is 5.11 Å². The van der Waals surface area contributed by atoms with Gasteiger partial charge in [0.1, 0.15) is 0 Å². The molecule has 0 radical (unpaired) electrons. The van der Waals surface area contributed by atoms with E-state index in [0.717, 1.165) is 49.2 Å². The van der Waals surface area contributed by atoms with E-state index in [9.17, 15) is 5.11 Å². The van der Waals surface area contributed by atoms with E-state index in [1.54, 1.807) is 0 Å². The van der Waals surface area contributed by atoms with Crippen LogP contribution in [0, 0.1) is 0 Å². The van der Waals surface area contributed by atoms with Gasteiger partial charge in [0.25, 0.3) is 0 Å². The molecule has 1 unspecified atom stereocenters. The zero-order valence-electron chi connectivity index (χ0n) is 18.7. The van der Waals surface area contributed by atoms with Crippen LogP contribution in [0.2, 0.25) is 10.0 Å². The van der Waals surface area contributed by atoms with Crippen LogP contribution >= 0.6 is 35.0 Å². The molecule has 174 valence electrons. The van der Waals surface area contributed by atoms with Crippen LogP contribution in [0.5, 0.6) is 0 Å². The van der Waals surface area contributed by atoms with Crippen molar-refractivity contribution in [2.45, 2.75) is 60.8 Å². The minimum Gasteiger partial charge on any atom is -0.395 e. The Morgan fingerprint density at radius 3 is 2.03 bits per heavy atom. The van der Waals surface area contributed by atoms with Gasteiger partial charge in [-0.3, -0.25) is 9.80 Å². The second kappa shape index (κ2) is 12.1. The first kappa shape index (κ1) is 24.4. The lowest BCUT2D eigenvalue weighted by Crippen LogP contribution is -2.48. The molecule has 5 rings (SSSR count). The molecule has 0 spiro atoms. The molecule has 6 heteroatoms. The second-order valence-electron chi connectivity index (χ2n) is 8.98. The van der Waals surface area contributed by atoms with Crippen LogP contribution < -0.4 is 0 Å². The summed E-state index contributed by atoms with van der Waals surface area (Å²) in [6.07, 6.45) is 9.94. The predicted octanol–water partition coefficient (Wildman–Crippen LogP) is 6.69. The monoisotopic (exact) mass is 492 g/mol. The summed E-state index contributed by atoms with van der Waals surface area (Å²) < 4.78 is 0. The van der Waals surface area contributed by atoms with E-state index in [0.29, 0.717) is 6.04 Å². The molecule has 2 aliphatic heterocycles. The highest BCUT2D eigenvalue weighted by atomic mass is 35.5. The quantitative estimate of drug-likeness (QED) is 0.515. The van der Waals surface area contributed by atoms with E-state index < -0.39 is 0 Å². The third-order valence-corrected chi connectivity index (χ3v) is 8.43. The third-order valence-electron chi connectivity index (χ3n) is 6.75. The van der Waals surface area contributed by atoms with Crippen LogP contribution in [-0.2, 0) is 6.42 Å². The zero-order valence-corrected chi connectivity index (χ0v) is 21.1. The lowest BCUT2D eigenvalue weighted by Gasteiger charge is -2.39. The average molecular weight is 494 g/mol. The van der Waals surface area contributed by atoms with E-state index >= 15 is 0 Å². The molecule has 2 fully saturated rings. The van der Waals surface area contributed by atoms with Crippen molar-refractivity contribution >= 4 is 35.0 Å². The highest BCUT2D eigenvalue weighted by Gasteiger charge is 2.30. The van der Waals surface area contributed by atoms with E-state index in [4.69, 9.17) is 23.2 Å². The molecule has 0 aromatic heterocycles. The summed E-state index contributed by atoms with van der Waals surface area (Å²) in [6, 6.07) is 12.7. The molecule has 1 N–H and O–H groups in total. The first-order valence-corrected chi connectivity index (χ1v) is 13.5. The van der Waals surface area contributed by atoms with Crippen LogP contribution in [0.1, 0.15) is 55.7 Å². The second-order valence-corrected chi connectivity index (χ2v) is 10.9. The van der Waals surface area contributed by atoms with E-state index in [1.165, 1.54) is 59.4 Å². The predicted molar refractivity (Wildman–Crippen MR) is 136 cm³/mol. The molecular formula is C26H34Cl2N2OS. The summed E-state index contributed by atoms with van der Waals surface area (Å²) in [5.41, 5.74) is 2.61. The summed E-state index contributed by atoms with van der Waals surface area (Å²) in [5.74, 6) is 0. The maximum absolute atomic E-state index is 9.18. The maximum Gasteiger partial charge on any atom is 0.0558 e. The number of aliphatic hydroxyl groups excluding tert-OH is 1. The van der Waals surface area contributed by atoms with Gasteiger partial charge in [-0.15, -0.1) is 0 Å². The summed E-state index contributed by atoms with van der Waals surface area (Å²) in [7, 11) is 0. The number of hydrogen-bond acceptors (Lipinski definition) is 4. The van der Waals surface area contributed by atoms with Gasteiger partial charge in [0.15, 0.2) is 0 Å². The molecule has 2 aromatic carbocycles. The molecule has 0 bridgehead atoms. The topological polar surface area (TPSA) is 26.7 Å². The van der Waals surface area contributed by atoms with Gasteiger partial charge in [-0.2, -0.15) is 0 Å². The summed E-state index contributed by atoms with van der Waals surface area (Å²) >= 11 is 14.4. The number of nitrogens with zero attached hydrogens (tertiary/aromatic N) is 2. The first-order valence-electron chi connectivity index (χ1n) is 12.0. The van der Waals surface area contributed by atoms with Gasteiger partial charge in [0.05, 0.1) is 6.61 Å². The van der Waals surface area contributed by atoms with Crippen molar-refractivity contribution in [3.63, 3.8) is 0 Å². The number of benzene rings is 2. The van der Waals surface area contributed by atoms with Crippen LogP contribution in [0.4, 0.5) is 0 Å². The van der Waals surface area contributed by atoms with E-state index in [-0.39, 0.29) is 6.61 Å². The number of piperazine rings is 1. The lowest BCUT2D eigenvalue weighted by molar-refractivity contribution is 0.0823. The number of hydrogen-bond donors (Lipinski definition) is 1. The number of fused-ring (bicyclic) bond motifs is 2. The molecule has 1 atom stereocenters. The highest BCUT2D eigenvalue weighted by molar-refractivity contribution is 7.99. The Balaban J connectivity index is 0.000000354. The fourth-order valence-corrected chi connectivity index (χ4v) is 6.41. The molecule has 1 saturated carbocycles. The van der Waals surface area contributed by atoms with Crippen molar-refractivity contribution in [2.75, 3.05) is 39.3 Å². The van der Waals surface area contributed by atoms with E-state index in [2.05, 4.69) is 34.1 Å². The van der Waals surface area contributed by atoms with Crippen molar-refractivity contribution in [1.29, 1.82) is 0 Å². The fraction of sp³-hybridized carbons (Fsp3) is 0.538. The largest absolute Gasteiger partial charge is 0.395 e. The van der Waals surface area contributed by atoms with Crippen molar-refractivity contribution in [3.05, 3.63) is 57.6 Å². The van der Waals surface area contributed by atoms with Crippen molar-refractivity contribution in [3.8, 4) is 0 Å². The van der Waals surface area contributed by atoms with Gasteiger partial charge < -0.3 is 5.11 Å². The first-order chi connectivity index (χ1) is 15.6. The van der Waals surface area contributed by atoms with Gasteiger partial charge >= 0.3 is 0 Å². The van der Waals surface area contributed by atoms with Gasteiger partial charge in [-0.25, -0.2) is 0 Å². The molecule has 32 heavy (non-hydrogen) atoms. The molecule has 3 aliphatic rings. The Labute approximate surface area is 207 Å². The molecule has 2 aromatic rings. The minimum absolute atomic E-state index is 0.227. The van der Waals surface area contributed by atoms with Crippen molar-refractivity contribution in [2.24, 2.45) is 0 Å². The Kier molecular flexibility index (Phi) is 9.22. The normalized spacial score (nSPS) is 21.7. The number of β-amino-alcohol motifs (C(OH)–C–C–N with tert-alkyl or cyclic N) is 1. The van der Waals surface area contributed by atoms with Crippen molar-refractivity contribution in [1.82, 2.24) is 9.80 Å². The van der Waals surface area contributed by atoms with Crippen LogP contribution in [0.15, 0.2) is 46.2 Å².